The normalized spacial score (nSPS) is 12.0. The average Bonchev–Trinajstić information content (AvgIpc) is 2.92. The zero-order valence-electron chi connectivity index (χ0n) is 15.2. The van der Waals surface area contributed by atoms with E-state index in [-0.39, 0.29) is 23.1 Å². The standard InChI is InChI=1S/C19H21N5O2/c1-12-10-11-24(13(2)15-8-6-5-7-9-15)18(26)16(12)17(25)21-19-20-14(3)23(4)22-19/h5-11,13H,1-4H3,(H,21,22,25). The third-order valence-electron chi connectivity index (χ3n) is 4.46. The minimum atomic E-state index is -0.507. The largest absolute Gasteiger partial charge is 0.308 e. The maximum atomic E-state index is 13.0. The van der Waals surface area contributed by atoms with E-state index in [1.807, 2.05) is 37.3 Å². The summed E-state index contributed by atoms with van der Waals surface area (Å²) >= 11 is 0. The Hall–Kier alpha value is -3.22. The lowest BCUT2D eigenvalue weighted by Gasteiger charge is -2.17. The molecule has 134 valence electrons. The van der Waals surface area contributed by atoms with Gasteiger partial charge in [0.05, 0.1) is 6.04 Å². The molecule has 7 heteroatoms. The van der Waals surface area contributed by atoms with Crippen LogP contribution in [0.25, 0.3) is 0 Å². The van der Waals surface area contributed by atoms with Gasteiger partial charge in [-0.3, -0.25) is 19.6 Å². The second-order valence-corrected chi connectivity index (χ2v) is 6.23. The molecule has 1 atom stereocenters. The average molecular weight is 351 g/mol. The molecule has 0 saturated heterocycles. The van der Waals surface area contributed by atoms with Crippen molar-refractivity contribution in [3.8, 4) is 0 Å². The zero-order valence-corrected chi connectivity index (χ0v) is 15.2. The van der Waals surface area contributed by atoms with E-state index in [1.54, 1.807) is 42.4 Å². The number of nitrogens with zero attached hydrogens (tertiary/aromatic N) is 4. The van der Waals surface area contributed by atoms with Crippen LogP contribution < -0.4 is 10.9 Å². The Morgan fingerprint density at radius 1 is 1.15 bits per heavy atom. The summed E-state index contributed by atoms with van der Waals surface area (Å²) in [5.41, 5.74) is 1.36. The molecular formula is C19H21N5O2. The van der Waals surface area contributed by atoms with Crippen LogP contribution in [0.2, 0.25) is 0 Å². The first-order valence-electron chi connectivity index (χ1n) is 8.34. The molecule has 1 N–H and O–H groups in total. The summed E-state index contributed by atoms with van der Waals surface area (Å²) in [6.45, 7) is 5.45. The summed E-state index contributed by atoms with van der Waals surface area (Å²) in [4.78, 5) is 29.8. The van der Waals surface area contributed by atoms with Gasteiger partial charge >= 0.3 is 0 Å². The number of anilines is 1. The second kappa shape index (κ2) is 6.95. The molecular weight excluding hydrogens is 330 g/mol. The van der Waals surface area contributed by atoms with Crippen molar-refractivity contribution in [2.45, 2.75) is 26.8 Å². The Morgan fingerprint density at radius 3 is 2.46 bits per heavy atom. The van der Waals surface area contributed by atoms with E-state index >= 15 is 0 Å². The Morgan fingerprint density at radius 2 is 1.85 bits per heavy atom. The van der Waals surface area contributed by atoms with Crippen molar-refractivity contribution < 1.29 is 4.79 Å². The summed E-state index contributed by atoms with van der Waals surface area (Å²) in [7, 11) is 1.74. The number of carbonyl (C=O) groups is 1. The lowest BCUT2D eigenvalue weighted by molar-refractivity contribution is 0.102. The molecule has 1 amide bonds. The van der Waals surface area contributed by atoms with Crippen LogP contribution in [0.5, 0.6) is 0 Å². The number of nitrogens with one attached hydrogen (secondary N) is 1. The number of aromatic nitrogens is 4. The molecule has 3 rings (SSSR count). The van der Waals surface area contributed by atoms with Crippen LogP contribution in [0, 0.1) is 13.8 Å². The van der Waals surface area contributed by atoms with Crippen molar-refractivity contribution in [2.24, 2.45) is 7.05 Å². The number of carbonyl (C=O) groups excluding carboxylic acids is 1. The molecule has 0 fully saturated rings. The summed E-state index contributed by atoms with van der Waals surface area (Å²) < 4.78 is 3.12. The van der Waals surface area contributed by atoms with E-state index < -0.39 is 5.91 Å². The van der Waals surface area contributed by atoms with Gasteiger partial charge in [-0.15, -0.1) is 5.10 Å². The van der Waals surface area contributed by atoms with Crippen LogP contribution in [0.15, 0.2) is 47.4 Å². The number of hydrogen-bond donors (Lipinski definition) is 1. The SMILES string of the molecule is Cc1ccn(C(C)c2ccccc2)c(=O)c1C(=O)Nc1nc(C)n(C)n1. The van der Waals surface area contributed by atoms with Crippen molar-refractivity contribution in [2.75, 3.05) is 5.32 Å². The molecule has 1 aromatic carbocycles. The van der Waals surface area contributed by atoms with E-state index in [4.69, 9.17) is 0 Å². The summed E-state index contributed by atoms with van der Waals surface area (Å²) in [5.74, 6) is 0.341. The van der Waals surface area contributed by atoms with Crippen LogP contribution in [-0.2, 0) is 7.05 Å². The first-order chi connectivity index (χ1) is 12.4. The monoisotopic (exact) mass is 351 g/mol. The molecule has 0 aliphatic heterocycles. The molecule has 0 saturated carbocycles. The van der Waals surface area contributed by atoms with E-state index in [1.165, 1.54) is 0 Å². The van der Waals surface area contributed by atoms with Crippen LogP contribution in [0.3, 0.4) is 0 Å². The third-order valence-corrected chi connectivity index (χ3v) is 4.46. The highest BCUT2D eigenvalue weighted by molar-refractivity contribution is 6.04. The van der Waals surface area contributed by atoms with Gasteiger partial charge in [0, 0.05) is 13.2 Å². The van der Waals surface area contributed by atoms with E-state index in [0.717, 1.165) is 5.56 Å². The predicted octanol–water partition coefficient (Wildman–Crippen LogP) is 2.46. The summed E-state index contributed by atoms with van der Waals surface area (Å²) in [5, 5.41) is 6.72. The maximum Gasteiger partial charge on any atom is 0.264 e. The van der Waals surface area contributed by atoms with Crippen LogP contribution >= 0.6 is 0 Å². The van der Waals surface area contributed by atoms with Crippen LogP contribution in [-0.4, -0.2) is 25.2 Å². The van der Waals surface area contributed by atoms with Crippen molar-refractivity contribution in [1.29, 1.82) is 0 Å². The lowest BCUT2D eigenvalue weighted by Crippen LogP contribution is -2.32. The fraction of sp³-hybridized carbons (Fsp3) is 0.263. The zero-order chi connectivity index (χ0) is 18.8. The van der Waals surface area contributed by atoms with Crippen molar-refractivity contribution in [3.05, 3.63) is 75.5 Å². The Bertz CT molecular complexity index is 985. The van der Waals surface area contributed by atoms with E-state index in [9.17, 15) is 9.59 Å². The van der Waals surface area contributed by atoms with Gasteiger partial charge in [-0.05, 0) is 38.0 Å². The third kappa shape index (κ3) is 3.28. The summed E-state index contributed by atoms with van der Waals surface area (Å²) in [6, 6.07) is 11.3. The topological polar surface area (TPSA) is 81.8 Å². The van der Waals surface area contributed by atoms with Gasteiger partial charge in [0.25, 0.3) is 11.5 Å². The first-order valence-corrected chi connectivity index (χ1v) is 8.34. The van der Waals surface area contributed by atoms with Crippen LogP contribution in [0.4, 0.5) is 5.95 Å². The fourth-order valence-corrected chi connectivity index (χ4v) is 2.79. The first kappa shape index (κ1) is 17.6. The van der Waals surface area contributed by atoms with Crippen molar-refractivity contribution in [1.82, 2.24) is 19.3 Å². The van der Waals surface area contributed by atoms with Gasteiger partial charge in [-0.1, -0.05) is 30.3 Å². The molecule has 0 radical (unpaired) electrons. The number of rotatable bonds is 4. The van der Waals surface area contributed by atoms with Gasteiger partial charge in [0.1, 0.15) is 11.4 Å². The highest BCUT2D eigenvalue weighted by Crippen LogP contribution is 2.17. The molecule has 7 nitrogen and oxygen atoms in total. The quantitative estimate of drug-likeness (QED) is 0.783. The Labute approximate surface area is 151 Å². The second-order valence-electron chi connectivity index (χ2n) is 6.23. The minimum absolute atomic E-state index is 0.0976. The maximum absolute atomic E-state index is 13.0. The number of pyridine rings is 1. The molecule has 0 aliphatic carbocycles. The molecule has 26 heavy (non-hydrogen) atoms. The van der Waals surface area contributed by atoms with Gasteiger partial charge in [-0.25, -0.2) is 0 Å². The van der Waals surface area contributed by atoms with E-state index in [2.05, 4.69) is 15.4 Å². The smallest absolute Gasteiger partial charge is 0.264 e. The number of amides is 1. The predicted molar refractivity (Wildman–Crippen MR) is 99.4 cm³/mol. The Balaban J connectivity index is 1.97. The van der Waals surface area contributed by atoms with Gasteiger partial charge in [0.2, 0.25) is 5.95 Å². The molecule has 0 spiro atoms. The molecule has 2 heterocycles. The number of hydrogen-bond acceptors (Lipinski definition) is 4. The highest BCUT2D eigenvalue weighted by atomic mass is 16.2. The fourth-order valence-electron chi connectivity index (χ4n) is 2.79. The van der Waals surface area contributed by atoms with Crippen LogP contribution in [0.1, 0.15) is 40.3 Å². The number of benzene rings is 1. The minimum Gasteiger partial charge on any atom is -0.308 e. The number of aryl methyl sites for hydroxylation is 3. The van der Waals surface area contributed by atoms with E-state index in [0.29, 0.717) is 11.4 Å². The van der Waals surface area contributed by atoms with Gasteiger partial charge < -0.3 is 4.57 Å². The lowest BCUT2D eigenvalue weighted by atomic mass is 10.1. The molecule has 2 aromatic heterocycles. The van der Waals surface area contributed by atoms with Crippen molar-refractivity contribution in [3.63, 3.8) is 0 Å². The molecule has 0 aliphatic rings. The van der Waals surface area contributed by atoms with Gasteiger partial charge in [-0.2, -0.15) is 4.98 Å². The highest BCUT2D eigenvalue weighted by Gasteiger charge is 2.20. The van der Waals surface area contributed by atoms with Gasteiger partial charge in [0.15, 0.2) is 0 Å². The molecule has 3 aromatic rings. The van der Waals surface area contributed by atoms with Crippen molar-refractivity contribution >= 4 is 11.9 Å². The molecule has 0 bridgehead atoms. The summed E-state index contributed by atoms with van der Waals surface area (Å²) in [6.07, 6.45) is 1.72. The Kier molecular flexibility index (Phi) is 4.71. The molecule has 1 unspecified atom stereocenters.